The van der Waals surface area contributed by atoms with E-state index in [9.17, 15) is 4.39 Å². The number of morpholine rings is 1. The molecule has 5 heteroatoms. The molecule has 4 rings (SSSR count). The van der Waals surface area contributed by atoms with Gasteiger partial charge in [-0.3, -0.25) is 4.90 Å². The van der Waals surface area contributed by atoms with E-state index >= 15 is 0 Å². The van der Waals surface area contributed by atoms with Gasteiger partial charge >= 0.3 is 0 Å². The van der Waals surface area contributed by atoms with Crippen LogP contribution in [-0.4, -0.2) is 56.5 Å². The zero-order valence-corrected chi connectivity index (χ0v) is 14.3. The summed E-state index contributed by atoms with van der Waals surface area (Å²) < 4.78 is 26.2. The summed E-state index contributed by atoms with van der Waals surface area (Å²) in [6, 6.07) is 5.51. The fourth-order valence-corrected chi connectivity index (χ4v) is 4.29. The SMILES string of the molecule is Fc1cccc(N2CCCC2)c1CN1CCOC2(CCOCC2)C1. The molecule has 1 spiro atoms. The van der Waals surface area contributed by atoms with Crippen molar-refractivity contribution in [3.8, 4) is 0 Å². The molecule has 0 bridgehead atoms. The van der Waals surface area contributed by atoms with E-state index in [1.807, 2.05) is 6.07 Å². The third-order valence-electron chi connectivity index (χ3n) is 5.65. The van der Waals surface area contributed by atoms with Crippen LogP contribution in [0.15, 0.2) is 18.2 Å². The van der Waals surface area contributed by atoms with E-state index < -0.39 is 0 Å². The zero-order valence-electron chi connectivity index (χ0n) is 14.3. The Morgan fingerprint density at radius 3 is 2.62 bits per heavy atom. The Morgan fingerprint density at radius 1 is 1.04 bits per heavy atom. The van der Waals surface area contributed by atoms with Crippen molar-refractivity contribution < 1.29 is 13.9 Å². The molecule has 0 radical (unpaired) electrons. The van der Waals surface area contributed by atoms with Gasteiger partial charge in [-0.25, -0.2) is 4.39 Å². The monoisotopic (exact) mass is 334 g/mol. The van der Waals surface area contributed by atoms with E-state index in [0.29, 0.717) is 6.54 Å². The molecule has 0 saturated carbocycles. The van der Waals surface area contributed by atoms with Crippen LogP contribution in [0.2, 0.25) is 0 Å². The highest BCUT2D eigenvalue weighted by atomic mass is 19.1. The summed E-state index contributed by atoms with van der Waals surface area (Å²) >= 11 is 0. The number of ether oxygens (including phenoxy) is 2. The van der Waals surface area contributed by atoms with Gasteiger partial charge in [0, 0.05) is 70.0 Å². The fraction of sp³-hybridized carbons (Fsp3) is 0.684. The summed E-state index contributed by atoms with van der Waals surface area (Å²) in [4.78, 5) is 4.70. The highest BCUT2D eigenvalue weighted by Gasteiger charge is 2.38. The summed E-state index contributed by atoms with van der Waals surface area (Å²) in [6.07, 6.45) is 4.30. The minimum absolute atomic E-state index is 0.0769. The Labute approximate surface area is 143 Å². The number of rotatable bonds is 3. The summed E-state index contributed by atoms with van der Waals surface area (Å²) in [5.74, 6) is -0.0769. The second-order valence-corrected chi connectivity index (χ2v) is 7.29. The molecule has 24 heavy (non-hydrogen) atoms. The van der Waals surface area contributed by atoms with Crippen LogP contribution >= 0.6 is 0 Å². The zero-order chi connectivity index (χ0) is 16.4. The Kier molecular flexibility index (Phi) is 4.74. The number of benzene rings is 1. The quantitative estimate of drug-likeness (QED) is 0.849. The molecule has 0 aliphatic carbocycles. The van der Waals surface area contributed by atoms with Gasteiger partial charge in [-0.05, 0) is 25.0 Å². The standard InChI is InChI=1S/C19H27FN2O2/c20-17-4-3-5-18(22-8-1-2-9-22)16(17)14-21-10-13-24-19(15-21)6-11-23-12-7-19/h3-5H,1-2,6-15H2. The molecule has 1 aromatic rings. The first kappa shape index (κ1) is 16.3. The van der Waals surface area contributed by atoms with Crippen molar-refractivity contribution in [2.75, 3.05) is 50.9 Å². The molecular formula is C19H27FN2O2. The highest BCUT2D eigenvalue weighted by molar-refractivity contribution is 5.54. The van der Waals surface area contributed by atoms with E-state index in [-0.39, 0.29) is 11.4 Å². The summed E-state index contributed by atoms with van der Waals surface area (Å²) in [5, 5.41) is 0. The average Bonchev–Trinajstić information content (AvgIpc) is 3.12. The first-order valence-corrected chi connectivity index (χ1v) is 9.22. The molecule has 0 aromatic heterocycles. The van der Waals surface area contributed by atoms with E-state index in [4.69, 9.17) is 9.47 Å². The van der Waals surface area contributed by atoms with Gasteiger partial charge in [-0.1, -0.05) is 6.07 Å². The first-order chi connectivity index (χ1) is 11.8. The lowest BCUT2D eigenvalue weighted by atomic mass is 9.92. The highest BCUT2D eigenvalue weighted by Crippen LogP contribution is 2.32. The Bertz CT molecular complexity index is 563. The van der Waals surface area contributed by atoms with E-state index in [2.05, 4.69) is 15.9 Å². The Morgan fingerprint density at radius 2 is 1.83 bits per heavy atom. The maximum absolute atomic E-state index is 14.6. The average molecular weight is 334 g/mol. The van der Waals surface area contributed by atoms with E-state index in [0.717, 1.165) is 70.1 Å². The van der Waals surface area contributed by atoms with Crippen molar-refractivity contribution in [3.05, 3.63) is 29.6 Å². The van der Waals surface area contributed by atoms with Crippen molar-refractivity contribution in [2.45, 2.75) is 37.8 Å². The van der Waals surface area contributed by atoms with Gasteiger partial charge in [-0.15, -0.1) is 0 Å². The second-order valence-electron chi connectivity index (χ2n) is 7.29. The third kappa shape index (κ3) is 3.30. The number of halogens is 1. The topological polar surface area (TPSA) is 24.9 Å². The lowest BCUT2D eigenvalue weighted by Gasteiger charge is -2.45. The molecule has 1 aromatic carbocycles. The number of hydrogen-bond acceptors (Lipinski definition) is 4. The molecule has 3 aliphatic heterocycles. The minimum atomic E-state index is -0.0877. The van der Waals surface area contributed by atoms with Gasteiger partial charge < -0.3 is 14.4 Å². The molecule has 0 atom stereocenters. The van der Waals surface area contributed by atoms with Crippen LogP contribution in [0.3, 0.4) is 0 Å². The maximum Gasteiger partial charge on any atom is 0.129 e. The number of hydrogen-bond donors (Lipinski definition) is 0. The van der Waals surface area contributed by atoms with Crippen LogP contribution in [0.25, 0.3) is 0 Å². The van der Waals surface area contributed by atoms with Crippen LogP contribution in [0.1, 0.15) is 31.2 Å². The molecule has 0 amide bonds. The van der Waals surface area contributed by atoms with Crippen molar-refractivity contribution in [2.24, 2.45) is 0 Å². The van der Waals surface area contributed by atoms with Crippen LogP contribution in [0, 0.1) is 5.82 Å². The molecule has 4 nitrogen and oxygen atoms in total. The van der Waals surface area contributed by atoms with Gasteiger partial charge in [-0.2, -0.15) is 0 Å². The molecular weight excluding hydrogens is 307 g/mol. The second kappa shape index (κ2) is 6.98. The van der Waals surface area contributed by atoms with Crippen LogP contribution in [0.5, 0.6) is 0 Å². The lowest BCUT2D eigenvalue weighted by molar-refractivity contribution is -0.155. The van der Waals surface area contributed by atoms with Crippen LogP contribution in [0.4, 0.5) is 10.1 Å². The summed E-state index contributed by atoms with van der Waals surface area (Å²) in [5.41, 5.74) is 1.85. The number of nitrogens with zero attached hydrogens (tertiary/aromatic N) is 2. The minimum Gasteiger partial charge on any atom is -0.381 e. The normalized spacial score (nSPS) is 24.6. The predicted molar refractivity (Wildman–Crippen MR) is 91.9 cm³/mol. The molecule has 3 fully saturated rings. The summed E-state index contributed by atoms with van der Waals surface area (Å²) in [6.45, 7) is 6.78. The predicted octanol–water partition coefficient (Wildman–Crippen LogP) is 2.81. The van der Waals surface area contributed by atoms with Gasteiger partial charge in [0.2, 0.25) is 0 Å². The molecule has 3 aliphatic rings. The Hall–Kier alpha value is -1.17. The van der Waals surface area contributed by atoms with Crippen molar-refractivity contribution >= 4 is 5.69 Å². The van der Waals surface area contributed by atoms with Gasteiger partial charge in [0.15, 0.2) is 0 Å². The van der Waals surface area contributed by atoms with Gasteiger partial charge in [0.25, 0.3) is 0 Å². The van der Waals surface area contributed by atoms with Crippen LogP contribution in [-0.2, 0) is 16.0 Å². The maximum atomic E-state index is 14.6. The van der Waals surface area contributed by atoms with Crippen molar-refractivity contribution in [1.29, 1.82) is 0 Å². The molecule has 132 valence electrons. The fourth-order valence-electron chi connectivity index (χ4n) is 4.29. The third-order valence-corrected chi connectivity index (χ3v) is 5.65. The van der Waals surface area contributed by atoms with Crippen molar-refractivity contribution in [3.63, 3.8) is 0 Å². The summed E-state index contributed by atoms with van der Waals surface area (Å²) in [7, 11) is 0. The smallest absolute Gasteiger partial charge is 0.129 e. The van der Waals surface area contributed by atoms with Crippen LogP contribution < -0.4 is 4.90 Å². The largest absolute Gasteiger partial charge is 0.381 e. The van der Waals surface area contributed by atoms with Gasteiger partial charge in [0.1, 0.15) is 5.82 Å². The Balaban J connectivity index is 1.52. The molecule has 0 N–H and O–H groups in total. The van der Waals surface area contributed by atoms with E-state index in [1.165, 1.54) is 12.8 Å². The number of anilines is 1. The van der Waals surface area contributed by atoms with Gasteiger partial charge in [0.05, 0.1) is 12.2 Å². The molecule has 0 unspecified atom stereocenters. The first-order valence-electron chi connectivity index (χ1n) is 9.22. The molecule has 3 heterocycles. The lowest BCUT2D eigenvalue weighted by Crippen LogP contribution is -2.54. The molecule has 3 saturated heterocycles. The van der Waals surface area contributed by atoms with Crippen molar-refractivity contribution in [1.82, 2.24) is 4.90 Å². The van der Waals surface area contributed by atoms with E-state index in [1.54, 1.807) is 6.07 Å².